The average molecular weight is 482 g/mol. The highest BCUT2D eigenvalue weighted by Crippen LogP contribution is 2.42. The molecule has 13 heteroatoms. The quantitative estimate of drug-likeness (QED) is 0.534. The molecule has 3 atom stereocenters. The second-order valence-electron chi connectivity index (χ2n) is 7.60. The van der Waals surface area contributed by atoms with Crippen LogP contribution in [0.2, 0.25) is 0 Å². The molecular formula is C20H17F3N4O5S. The summed E-state index contributed by atoms with van der Waals surface area (Å²) in [5.74, 6) is 0. The third kappa shape index (κ3) is 3.96. The van der Waals surface area contributed by atoms with E-state index in [4.69, 9.17) is 13.9 Å². The van der Waals surface area contributed by atoms with E-state index in [0.29, 0.717) is 23.7 Å². The first-order valence-electron chi connectivity index (χ1n) is 10.0. The number of aldehydes is 1. The Morgan fingerprint density at radius 1 is 1.36 bits per heavy atom. The number of nitrogens with zero attached hydrogens (tertiary/aromatic N) is 3. The van der Waals surface area contributed by atoms with Crippen molar-refractivity contribution in [1.29, 1.82) is 0 Å². The van der Waals surface area contributed by atoms with Gasteiger partial charge in [-0.25, -0.2) is 9.78 Å². The number of benzene rings is 1. The predicted molar refractivity (Wildman–Crippen MR) is 109 cm³/mol. The number of thiazole rings is 1. The van der Waals surface area contributed by atoms with Crippen LogP contribution < -0.4 is 10.1 Å². The maximum absolute atomic E-state index is 13.7. The number of hydrogen-bond donors (Lipinski definition) is 1. The van der Waals surface area contributed by atoms with Gasteiger partial charge in [0.2, 0.25) is 0 Å². The van der Waals surface area contributed by atoms with Crippen molar-refractivity contribution >= 4 is 34.8 Å². The molecule has 4 heterocycles. The Kier molecular flexibility index (Phi) is 5.54. The first-order chi connectivity index (χ1) is 15.9. The van der Waals surface area contributed by atoms with Gasteiger partial charge in [0, 0.05) is 42.3 Å². The van der Waals surface area contributed by atoms with Crippen LogP contribution in [0.1, 0.15) is 18.1 Å². The summed E-state index contributed by atoms with van der Waals surface area (Å²) in [6.45, 7) is 0.517. The number of ether oxygens (including phenoxy) is 2. The van der Waals surface area contributed by atoms with Crippen molar-refractivity contribution in [1.82, 2.24) is 20.2 Å². The first-order valence-corrected chi connectivity index (χ1v) is 10.9. The molecule has 1 amide bonds. The molecule has 2 saturated heterocycles. The molecule has 0 spiro atoms. The highest BCUT2D eigenvalue weighted by Gasteiger charge is 2.46. The number of rotatable bonds is 6. The van der Waals surface area contributed by atoms with Crippen molar-refractivity contribution in [3.05, 3.63) is 29.3 Å². The van der Waals surface area contributed by atoms with Crippen molar-refractivity contribution in [3.63, 3.8) is 0 Å². The van der Waals surface area contributed by atoms with Crippen LogP contribution in [0, 0.1) is 0 Å². The Bertz CT molecular complexity index is 1170. The second-order valence-corrected chi connectivity index (χ2v) is 8.49. The van der Waals surface area contributed by atoms with Crippen LogP contribution in [0.5, 0.6) is 6.08 Å². The summed E-state index contributed by atoms with van der Waals surface area (Å²) in [4.78, 5) is 33.1. The minimum Gasteiger partial charge on any atom is -0.408 e. The smallest absolute Gasteiger partial charge is 0.408 e. The third-order valence-corrected chi connectivity index (χ3v) is 6.41. The number of piperidine rings is 1. The number of piperazine rings is 1. The standard InChI is InChI=1S/C20H17F3N4O5S/c21-20(22,23)16(30-5-4-28)12-1-2-13(17-25-3-6-33-17)15-14(12)26-18(31-15)32-19(29)27-10-7-11(27)9-24-8-10/h1-4,6,10-11,16,24H,5,7-9H2. The van der Waals surface area contributed by atoms with E-state index in [-0.39, 0.29) is 35.0 Å². The van der Waals surface area contributed by atoms with Gasteiger partial charge in [-0.05, 0) is 12.5 Å². The molecule has 0 radical (unpaired) electrons. The van der Waals surface area contributed by atoms with Crippen LogP contribution >= 0.6 is 11.3 Å². The van der Waals surface area contributed by atoms with Crippen LogP contribution in [0.4, 0.5) is 18.0 Å². The summed E-state index contributed by atoms with van der Waals surface area (Å²) >= 11 is 1.25. The van der Waals surface area contributed by atoms with Gasteiger partial charge in [-0.2, -0.15) is 18.2 Å². The van der Waals surface area contributed by atoms with Gasteiger partial charge in [-0.3, -0.25) is 4.90 Å². The van der Waals surface area contributed by atoms with E-state index >= 15 is 0 Å². The van der Waals surface area contributed by atoms with Gasteiger partial charge in [0.15, 0.2) is 11.7 Å². The average Bonchev–Trinajstić information content (AvgIpc) is 3.43. The zero-order valence-electron chi connectivity index (χ0n) is 16.9. The lowest BCUT2D eigenvalue weighted by Gasteiger charge is -2.51. The Labute approximate surface area is 188 Å². The van der Waals surface area contributed by atoms with Crippen LogP contribution in [0.15, 0.2) is 28.1 Å². The van der Waals surface area contributed by atoms with E-state index < -0.39 is 31.1 Å². The van der Waals surface area contributed by atoms with Crippen molar-refractivity contribution in [3.8, 4) is 16.6 Å². The summed E-state index contributed by atoms with van der Waals surface area (Å²) in [6, 6.07) is 2.59. The number of hydrogen-bond acceptors (Lipinski definition) is 9. The molecule has 9 nitrogen and oxygen atoms in total. The maximum atomic E-state index is 13.7. The molecule has 1 N–H and O–H groups in total. The van der Waals surface area contributed by atoms with Gasteiger partial charge in [-0.1, -0.05) is 6.07 Å². The molecule has 33 heavy (non-hydrogen) atoms. The molecule has 2 fully saturated rings. The first kappa shape index (κ1) is 21.8. The van der Waals surface area contributed by atoms with E-state index in [1.54, 1.807) is 16.5 Å². The number of amides is 1. The Balaban J connectivity index is 1.55. The number of fused-ring (bicyclic) bond motifs is 3. The normalized spacial score (nSPS) is 21.0. The summed E-state index contributed by atoms with van der Waals surface area (Å²) in [7, 11) is 0. The summed E-state index contributed by atoms with van der Waals surface area (Å²) in [6.07, 6.45) is -5.77. The van der Waals surface area contributed by atoms with E-state index in [2.05, 4.69) is 15.3 Å². The number of nitrogens with one attached hydrogen (secondary N) is 1. The largest absolute Gasteiger partial charge is 0.419 e. The zero-order valence-corrected chi connectivity index (χ0v) is 17.7. The van der Waals surface area contributed by atoms with Gasteiger partial charge in [-0.15, -0.1) is 11.3 Å². The fraction of sp³-hybridized carbons (Fsp3) is 0.400. The van der Waals surface area contributed by atoms with Gasteiger partial charge in [0.05, 0.1) is 5.56 Å². The lowest BCUT2D eigenvalue weighted by molar-refractivity contribution is -0.221. The topological polar surface area (TPSA) is 107 Å². The predicted octanol–water partition coefficient (Wildman–Crippen LogP) is 3.32. The van der Waals surface area contributed by atoms with Gasteiger partial charge < -0.3 is 24.0 Å². The highest BCUT2D eigenvalue weighted by molar-refractivity contribution is 7.13. The number of carbonyl (C=O) groups is 2. The molecule has 0 aliphatic carbocycles. The second kappa shape index (κ2) is 8.39. The Morgan fingerprint density at radius 2 is 2.15 bits per heavy atom. The van der Waals surface area contributed by atoms with Crippen molar-refractivity contribution in [2.75, 3.05) is 19.7 Å². The maximum Gasteiger partial charge on any atom is 0.419 e. The highest BCUT2D eigenvalue weighted by atomic mass is 32.1. The van der Waals surface area contributed by atoms with E-state index in [1.807, 2.05) is 0 Å². The number of alkyl halides is 3. The number of carbonyl (C=O) groups excluding carboxylic acids is 2. The number of aromatic nitrogens is 2. The van der Waals surface area contributed by atoms with Crippen molar-refractivity contribution in [2.45, 2.75) is 30.8 Å². The monoisotopic (exact) mass is 482 g/mol. The SMILES string of the molecule is O=CCOC(c1ccc(-c2nccs2)c2oc(OC(=O)N3C4CNCC3C4)nc12)C(F)(F)F. The third-order valence-electron chi connectivity index (χ3n) is 5.60. The van der Waals surface area contributed by atoms with Crippen LogP contribution in [-0.2, 0) is 9.53 Å². The van der Waals surface area contributed by atoms with Crippen LogP contribution in [0.25, 0.3) is 21.7 Å². The molecule has 2 bridgehead atoms. The van der Waals surface area contributed by atoms with Crippen molar-refractivity contribution in [2.24, 2.45) is 0 Å². The molecule has 2 aliphatic rings. The molecule has 5 rings (SSSR count). The fourth-order valence-electron chi connectivity index (χ4n) is 4.19. The summed E-state index contributed by atoms with van der Waals surface area (Å²) < 4.78 is 56.9. The van der Waals surface area contributed by atoms with Crippen molar-refractivity contribution < 1.29 is 36.7 Å². The summed E-state index contributed by atoms with van der Waals surface area (Å²) in [5.41, 5.74) is -0.195. The molecule has 1 aromatic carbocycles. The van der Waals surface area contributed by atoms with Crippen LogP contribution in [0.3, 0.4) is 0 Å². The van der Waals surface area contributed by atoms with Gasteiger partial charge >= 0.3 is 18.3 Å². The van der Waals surface area contributed by atoms with E-state index in [0.717, 1.165) is 6.42 Å². The Morgan fingerprint density at radius 3 is 2.79 bits per heavy atom. The van der Waals surface area contributed by atoms with E-state index in [1.165, 1.54) is 23.5 Å². The van der Waals surface area contributed by atoms with E-state index in [9.17, 15) is 22.8 Å². The zero-order chi connectivity index (χ0) is 23.2. The lowest BCUT2D eigenvalue weighted by atomic mass is 9.90. The van der Waals surface area contributed by atoms with Gasteiger partial charge in [0.25, 0.3) is 0 Å². The van der Waals surface area contributed by atoms with Gasteiger partial charge in [0.1, 0.15) is 23.4 Å². The fourth-order valence-corrected chi connectivity index (χ4v) is 4.85. The molecule has 3 aromatic rings. The number of halogens is 3. The van der Waals surface area contributed by atoms with Crippen LogP contribution in [-0.4, -0.2) is 65.2 Å². The summed E-state index contributed by atoms with van der Waals surface area (Å²) in [5, 5.41) is 5.38. The number of oxazole rings is 1. The lowest BCUT2D eigenvalue weighted by Crippen LogP contribution is -2.69. The molecular weight excluding hydrogens is 465 g/mol. The molecule has 3 unspecified atom stereocenters. The molecule has 0 saturated carbocycles. The molecule has 174 valence electrons. The minimum atomic E-state index is -4.82. The molecule has 2 aliphatic heterocycles. The minimum absolute atomic E-state index is 0.00609. The Hall–Kier alpha value is -3.03. The molecule has 2 aromatic heterocycles.